The maximum atomic E-state index is 9.39. The summed E-state index contributed by atoms with van der Waals surface area (Å²) in [6.45, 7) is 7.10. The second-order valence-corrected chi connectivity index (χ2v) is 5.48. The van der Waals surface area contributed by atoms with Crippen molar-refractivity contribution in [1.82, 2.24) is 5.32 Å². The molecule has 4 nitrogen and oxygen atoms in total. The fraction of sp³-hybridized carbons (Fsp3) is 0.647. The van der Waals surface area contributed by atoms with Gasteiger partial charge in [0.05, 0.1) is 13.2 Å². The molecule has 2 N–H and O–H groups in total. The molecule has 0 amide bonds. The predicted octanol–water partition coefficient (Wildman–Crippen LogP) is 2.61. The molecule has 0 aliphatic carbocycles. The van der Waals surface area contributed by atoms with Crippen LogP contribution in [0.15, 0.2) is 30.3 Å². The first kappa shape index (κ1) is 18.0. The van der Waals surface area contributed by atoms with Gasteiger partial charge in [0.15, 0.2) is 0 Å². The summed E-state index contributed by atoms with van der Waals surface area (Å²) in [5.74, 6) is 0.880. The molecule has 120 valence electrons. The Morgan fingerprint density at radius 3 is 2.52 bits per heavy atom. The van der Waals surface area contributed by atoms with Gasteiger partial charge in [-0.25, -0.2) is 0 Å². The lowest BCUT2D eigenvalue weighted by Gasteiger charge is -2.28. The van der Waals surface area contributed by atoms with Gasteiger partial charge in [0.1, 0.15) is 12.4 Å². The van der Waals surface area contributed by atoms with Gasteiger partial charge in [-0.1, -0.05) is 25.1 Å². The first-order valence-corrected chi connectivity index (χ1v) is 7.81. The molecule has 0 fully saturated rings. The molecule has 0 saturated heterocycles. The van der Waals surface area contributed by atoms with Crippen LogP contribution in [0.2, 0.25) is 0 Å². The van der Waals surface area contributed by atoms with Gasteiger partial charge in [-0.2, -0.15) is 0 Å². The van der Waals surface area contributed by atoms with Crippen molar-refractivity contribution in [1.29, 1.82) is 0 Å². The Bertz CT molecular complexity index is 358. The van der Waals surface area contributed by atoms with Gasteiger partial charge in [-0.15, -0.1) is 0 Å². The first-order valence-electron chi connectivity index (χ1n) is 7.81. The number of ether oxygens (including phenoxy) is 2. The van der Waals surface area contributed by atoms with Crippen LogP contribution in [0.1, 0.15) is 33.1 Å². The minimum Gasteiger partial charge on any atom is -0.491 e. The Balaban J connectivity index is 1.97. The number of likely N-dealkylation sites (N-methyl/N-ethyl adjacent to an activating group) is 1. The summed E-state index contributed by atoms with van der Waals surface area (Å²) >= 11 is 0. The molecule has 4 heteroatoms. The Morgan fingerprint density at radius 1 is 1.10 bits per heavy atom. The maximum Gasteiger partial charge on any atom is 0.119 e. The van der Waals surface area contributed by atoms with E-state index in [0.717, 1.165) is 38.2 Å². The number of unbranched alkanes of at least 4 members (excludes halogenated alkanes) is 1. The molecule has 0 radical (unpaired) electrons. The van der Waals surface area contributed by atoms with Crippen LogP contribution in [0.3, 0.4) is 0 Å². The zero-order chi connectivity index (χ0) is 15.4. The number of aliphatic hydroxyl groups is 1. The molecular formula is C17H29NO3. The monoisotopic (exact) mass is 295 g/mol. The molecule has 0 heterocycles. The Hall–Kier alpha value is -1.10. The normalized spacial score (nSPS) is 13.9. The van der Waals surface area contributed by atoms with E-state index < -0.39 is 0 Å². The third-order valence-corrected chi connectivity index (χ3v) is 3.46. The van der Waals surface area contributed by atoms with Crippen molar-refractivity contribution in [2.75, 3.05) is 33.0 Å². The molecule has 1 rings (SSSR count). The fourth-order valence-electron chi connectivity index (χ4n) is 2.21. The number of nitrogens with one attached hydrogen (secondary N) is 1. The van der Waals surface area contributed by atoms with Gasteiger partial charge in [0.2, 0.25) is 0 Å². The molecular weight excluding hydrogens is 266 g/mol. The predicted molar refractivity (Wildman–Crippen MR) is 85.8 cm³/mol. The van der Waals surface area contributed by atoms with E-state index in [1.807, 2.05) is 30.3 Å². The van der Waals surface area contributed by atoms with Crippen LogP contribution in [-0.2, 0) is 4.74 Å². The van der Waals surface area contributed by atoms with Gasteiger partial charge in [-0.3, -0.25) is 0 Å². The lowest BCUT2D eigenvalue weighted by atomic mass is 9.96. The highest BCUT2D eigenvalue weighted by atomic mass is 16.5. The van der Waals surface area contributed by atoms with Crippen LogP contribution in [0.5, 0.6) is 5.75 Å². The molecule has 0 spiro atoms. The van der Waals surface area contributed by atoms with Crippen LogP contribution in [-0.4, -0.2) is 43.6 Å². The highest BCUT2D eigenvalue weighted by molar-refractivity contribution is 5.20. The van der Waals surface area contributed by atoms with Gasteiger partial charge >= 0.3 is 0 Å². The first-order chi connectivity index (χ1) is 10.2. The average Bonchev–Trinajstić information content (AvgIpc) is 2.51. The van der Waals surface area contributed by atoms with E-state index in [0.29, 0.717) is 13.2 Å². The van der Waals surface area contributed by atoms with E-state index in [1.165, 1.54) is 0 Å². The van der Waals surface area contributed by atoms with E-state index in [9.17, 15) is 5.11 Å². The van der Waals surface area contributed by atoms with Crippen molar-refractivity contribution in [2.24, 2.45) is 0 Å². The Morgan fingerprint density at radius 2 is 1.86 bits per heavy atom. The smallest absolute Gasteiger partial charge is 0.119 e. The van der Waals surface area contributed by atoms with Crippen molar-refractivity contribution in [3.8, 4) is 5.75 Å². The van der Waals surface area contributed by atoms with Crippen LogP contribution >= 0.6 is 0 Å². The van der Waals surface area contributed by atoms with Crippen molar-refractivity contribution < 1.29 is 14.6 Å². The SMILES string of the molecule is CCNC(C)(CO)CCCCOCCOc1ccccc1. The van der Waals surface area contributed by atoms with Gasteiger partial charge in [-0.05, 0) is 44.9 Å². The minimum absolute atomic E-state index is 0.162. The summed E-state index contributed by atoms with van der Waals surface area (Å²) < 4.78 is 11.1. The number of hydrogen-bond acceptors (Lipinski definition) is 4. The summed E-state index contributed by atoms with van der Waals surface area (Å²) in [4.78, 5) is 0. The van der Waals surface area contributed by atoms with E-state index in [2.05, 4.69) is 19.2 Å². The summed E-state index contributed by atoms with van der Waals surface area (Å²) in [7, 11) is 0. The van der Waals surface area contributed by atoms with Gasteiger partial charge in [0, 0.05) is 12.1 Å². The topological polar surface area (TPSA) is 50.7 Å². The van der Waals surface area contributed by atoms with E-state index in [-0.39, 0.29) is 12.1 Å². The van der Waals surface area contributed by atoms with Gasteiger partial charge < -0.3 is 19.9 Å². The van der Waals surface area contributed by atoms with Crippen molar-refractivity contribution in [2.45, 2.75) is 38.6 Å². The molecule has 0 saturated carbocycles. The molecule has 0 aromatic heterocycles. The quantitative estimate of drug-likeness (QED) is 0.582. The van der Waals surface area contributed by atoms with Crippen molar-refractivity contribution in [3.63, 3.8) is 0 Å². The molecule has 0 aliphatic rings. The highest BCUT2D eigenvalue weighted by Crippen LogP contribution is 2.13. The minimum atomic E-state index is -0.162. The second-order valence-electron chi connectivity index (χ2n) is 5.48. The highest BCUT2D eigenvalue weighted by Gasteiger charge is 2.20. The number of aliphatic hydroxyl groups excluding tert-OH is 1. The van der Waals surface area contributed by atoms with Gasteiger partial charge in [0.25, 0.3) is 0 Å². The summed E-state index contributed by atoms with van der Waals surface area (Å²) in [5, 5.41) is 12.7. The molecule has 1 atom stereocenters. The average molecular weight is 295 g/mol. The molecule has 1 aromatic carbocycles. The third-order valence-electron chi connectivity index (χ3n) is 3.46. The van der Waals surface area contributed by atoms with E-state index >= 15 is 0 Å². The van der Waals surface area contributed by atoms with E-state index in [1.54, 1.807) is 0 Å². The summed E-state index contributed by atoms with van der Waals surface area (Å²) in [6.07, 6.45) is 3.01. The van der Waals surface area contributed by atoms with Crippen LogP contribution in [0, 0.1) is 0 Å². The maximum absolute atomic E-state index is 9.39. The number of hydrogen-bond donors (Lipinski definition) is 2. The fourth-order valence-corrected chi connectivity index (χ4v) is 2.21. The largest absolute Gasteiger partial charge is 0.491 e. The Kier molecular flexibility index (Phi) is 9.06. The lowest BCUT2D eigenvalue weighted by Crippen LogP contribution is -2.45. The summed E-state index contributed by atoms with van der Waals surface area (Å²) in [6, 6.07) is 9.77. The zero-order valence-corrected chi connectivity index (χ0v) is 13.3. The van der Waals surface area contributed by atoms with Crippen LogP contribution < -0.4 is 10.1 Å². The van der Waals surface area contributed by atoms with Crippen molar-refractivity contribution >= 4 is 0 Å². The standard InChI is InChI=1S/C17H29NO3/c1-3-18-17(2,15-19)11-7-8-12-20-13-14-21-16-9-5-4-6-10-16/h4-6,9-10,18-19H,3,7-8,11-15H2,1-2H3. The molecule has 0 aliphatic heterocycles. The van der Waals surface area contributed by atoms with E-state index in [4.69, 9.17) is 9.47 Å². The number of para-hydroxylation sites is 1. The summed E-state index contributed by atoms with van der Waals surface area (Å²) in [5.41, 5.74) is -0.162. The molecule has 0 bridgehead atoms. The Labute approximate surface area is 128 Å². The van der Waals surface area contributed by atoms with Crippen LogP contribution in [0.25, 0.3) is 0 Å². The number of rotatable bonds is 12. The third kappa shape index (κ3) is 8.05. The molecule has 1 unspecified atom stereocenters. The zero-order valence-electron chi connectivity index (χ0n) is 13.3. The molecule has 1 aromatic rings. The van der Waals surface area contributed by atoms with Crippen LogP contribution in [0.4, 0.5) is 0 Å². The number of benzene rings is 1. The molecule has 21 heavy (non-hydrogen) atoms. The van der Waals surface area contributed by atoms with Crippen molar-refractivity contribution in [3.05, 3.63) is 30.3 Å². The lowest BCUT2D eigenvalue weighted by molar-refractivity contribution is 0.0937. The second kappa shape index (κ2) is 10.6.